The molecule has 0 spiro atoms. The molecule has 2 amide bonds. The zero-order valence-corrected chi connectivity index (χ0v) is 14.3. The standard InChI is InChI=1S/C16H23N3O3S/c1-9-5-12(15(20)21)7-19(6-9)16(22)18-13(11-3-4-11)14-17-10(2)8-23-14/h8-9,11-13H,3-7H2,1-2H3,(H,18,22)(H,20,21). The predicted octanol–water partition coefficient (Wildman–Crippen LogP) is 2.65. The minimum Gasteiger partial charge on any atom is -0.481 e. The molecule has 3 rings (SSSR count). The second-order valence-corrected chi connectivity index (χ2v) is 7.76. The summed E-state index contributed by atoms with van der Waals surface area (Å²) in [6, 6.07) is -0.200. The van der Waals surface area contributed by atoms with Crippen molar-refractivity contribution in [3.05, 3.63) is 16.1 Å². The largest absolute Gasteiger partial charge is 0.481 e. The van der Waals surface area contributed by atoms with Crippen molar-refractivity contribution in [1.29, 1.82) is 0 Å². The number of rotatable bonds is 4. The van der Waals surface area contributed by atoms with E-state index in [1.54, 1.807) is 16.2 Å². The van der Waals surface area contributed by atoms with Gasteiger partial charge in [-0.25, -0.2) is 9.78 Å². The Bertz CT molecular complexity index is 599. The van der Waals surface area contributed by atoms with Gasteiger partial charge in [0.2, 0.25) is 0 Å². The first-order valence-corrected chi connectivity index (χ1v) is 9.02. The monoisotopic (exact) mass is 337 g/mol. The van der Waals surface area contributed by atoms with Crippen molar-refractivity contribution in [2.45, 2.75) is 39.2 Å². The number of carboxylic acid groups (broad SMARTS) is 1. The number of amides is 2. The van der Waals surface area contributed by atoms with E-state index in [2.05, 4.69) is 10.3 Å². The summed E-state index contributed by atoms with van der Waals surface area (Å²) in [4.78, 5) is 30.1. The van der Waals surface area contributed by atoms with Crippen LogP contribution in [0.3, 0.4) is 0 Å². The van der Waals surface area contributed by atoms with E-state index < -0.39 is 11.9 Å². The van der Waals surface area contributed by atoms with Crippen LogP contribution in [0.1, 0.15) is 42.9 Å². The van der Waals surface area contributed by atoms with Gasteiger partial charge in [-0.3, -0.25) is 4.79 Å². The Morgan fingerprint density at radius 1 is 1.43 bits per heavy atom. The first-order valence-electron chi connectivity index (χ1n) is 8.14. The summed E-state index contributed by atoms with van der Waals surface area (Å²) >= 11 is 1.58. The van der Waals surface area contributed by atoms with Crippen LogP contribution in [0.4, 0.5) is 4.79 Å². The lowest BCUT2D eigenvalue weighted by molar-refractivity contribution is -0.143. The van der Waals surface area contributed by atoms with Crippen molar-refractivity contribution < 1.29 is 14.7 Å². The van der Waals surface area contributed by atoms with Crippen LogP contribution in [0.15, 0.2) is 5.38 Å². The number of hydrogen-bond acceptors (Lipinski definition) is 4. The fourth-order valence-electron chi connectivity index (χ4n) is 3.25. The molecule has 1 saturated heterocycles. The van der Waals surface area contributed by atoms with Crippen molar-refractivity contribution in [3.63, 3.8) is 0 Å². The SMILES string of the molecule is Cc1csc(C(NC(=O)N2CC(C)CC(C(=O)O)C2)C2CC2)n1. The highest BCUT2D eigenvalue weighted by Gasteiger charge is 2.38. The van der Waals surface area contributed by atoms with Crippen LogP contribution in [-0.2, 0) is 4.79 Å². The third kappa shape index (κ3) is 3.83. The van der Waals surface area contributed by atoms with E-state index in [1.165, 1.54) is 0 Å². The maximum atomic E-state index is 12.6. The zero-order valence-electron chi connectivity index (χ0n) is 13.5. The molecule has 2 N–H and O–H groups in total. The van der Waals surface area contributed by atoms with E-state index in [0.29, 0.717) is 25.4 Å². The molecule has 0 radical (unpaired) electrons. The van der Waals surface area contributed by atoms with Crippen LogP contribution in [-0.4, -0.2) is 40.1 Å². The molecular weight excluding hydrogens is 314 g/mol. The molecule has 1 aliphatic heterocycles. The minimum absolute atomic E-state index is 0.0401. The smallest absolute Gasteiger partial charge is 0.318 e. The minimum atomic E-state index is -0.816. The molecule has 2 fully saturated rings. The van der Waals surface area contributed by atoms with Gasteiger partial charge in [0.25, 0.3) is 0 Å². The fraction of sp³-hybridized carbons (Fsp3) is 0.688. The van der Waals surface area contributed by atoms with Gasteiger partial charge >= 0.3 is 12.0 Å². The highest BCUT2D eigenvalue weighted by atomic mass is 32.1. The topological polar surface area (TPSA) is 82.5 Å². The molecule has 1 aliphatic carbocycles. The van der Waals surface area contributed by atoms with Gasteiger partial charge in [0.1, 0.15) is 5.01 Å². The Kier molecular flexibility index (Phi) is 4.57. The summed E-state index contributed by atoms with van der Waals surface area (Å²) in [5, 5.41) is 15.3. The van der Waals surface area contributed by atoms with Gasteiger partial charge in [0, 0.05) is 24.2 Å². The number of likely N-dealkylation sites (tertiary alicyclic amines) is 1. The molecular formula is C16H23N3O3S. The molecule has 3 unspecified atom stereocenters. The first-order chi connectivity index (χ1) is 10.9. The Hall–Kier alpha value is -1.63. The van der Waals surface area contributed by atoms with E-state index in [4.69, 9.17) is 0 Å². The summed E-state index contributed by atoms with van der Waals surface area (Å²) in [7, 11) is 0. The van der Waals surface area contributed by atoms with E-state index in [9.17, 15) is 14.7 Å². The highest BCUT2D eigenvalue weighted by Crippen LogP contribution is 2.42. The van der Waals surface area contributed by atoms with E-state index in [-0.39, 0.29) is 18.0 Å². The average Bonchev–Trinajstić information content (AvgIpc) is 3.25. The van der Waals surface area contributed by atoms with E-state index in [1.807, 2.05) is 19.2 Å². The highest BCUT2D eigenvalue weighted by molar-refractivity contribution is 7.09. The molecule has 2 aliphatic rings. The number of aromatic nitrogens is 1. The third-order valence-corrected chi connectivity index (χ3v) is 5.62. The lowest BCUT2D eigenvalue weighted by Crippen LogP contribution is -2.50. The van der Waals surface area contributed by atoms with Gasteiger partial charge in [-0.2, -0.15) is 0 Å². The molecule has 1 saturated carbocycles. The zero-order chi connectivity index (χ0) is 16.6. The van der Waals surface area contributed by atoms with Gasteiger partial charge in [-0.15, -0.1) is 11.3 Å². The Morgan fingerprint density at radius 3 is 2.74 bits per heavy atom. The molecule has 7 heteroatoms. The number of carbonyl (C=O) groups is 2. The van der Waals surface area contributed by atoms with Crippen LogP contribution in [0, 0.1) is 24.7 Å². The molecule has 23 heavy (non-hydrogen) atoms. The van der Waals surface area contributed by atoms with Crippen LogP contribution >= 0.6 is 11.3 Å². The molecule has 1 aromatic heterocycles. The normalized spacial score (nSPS) is 25.9. The van der Waals surface area contributed by atoms with Crippen LogP contribution in [0.25, 0.3) is 0 Å². The van der Waals surface area contributed by atoms with Crippen LogP contribution in [0.2, 0.25) is 0 Å². The molecule has 0 aromatic carbocycles. The number of thiazole rings is 1. The number of urea groups is 1. The number of nitrogens with zero attached hydrogens (tertiary/aromatic N) is 2. The summed E-state index contributed by atoms with van der Waals surface area (Å²) in [5.41, 5.74) is 0.974. The van der Waals surface area contributed by atoms with Crippen LogP contribution < -0.4 is 5.32 Å². The van der Waals surface area contributed by atoms with Gasteiger partial charge in [-0.05, 0) is 38.0 Å². The fourth-order valence-corrected chi connectivity index (χ4v) is 4.19. The summed E-state index contributed by atoms with van der Waals surface area (Å²) in [6.07, 6.45) is 2.85. The van der Waals surface area contributed by atoms with Gasteiger partial charge < -0.3 is 15.3 Å². The maximum Gasteiger partial charge on any atom is 0.318 e. The summed E-state index contributed by atoms with van der Waals surface area (Å²) in [5.74, 6) is -0.617. The van der Waals surface area contributed by atoms with Crippen molar-refractivity contribution in [3.8, 4) is 0 Å². The Labute approximate surface area is 139 Å². The summed E-state index contributed by atoms with van der Waals surface area (Å²) in [6.45, 7) is 4.86. The number of carbonyl (C=O) groups excluding carboxylic acids is 1. The number of nitrogens with one attached hydrogen (secondary N) is 1. The molecule has 1 aromatic rings. The average molecular weight is 337 g/mol. The third-order valence-electron chi connectivity index (χ3n) is 4.57. The lowest BCUT2D eigenvalue weighted by atomic mass is 9.91. The second-order valence-electron chi connectivity index (χ2n) is 6.87. The Balaban J connectivity index is 1.68. The Morgan fingerprint density at radius 2 is 2.17 bits per heavy atom. The number of carboxylic acids is 1. The number of piperidine rings is 1. The quantitative estimate of drug-likeness (QED) is 0.885. The van der Waals surface area contributed by atoms with E-state index >= 15 is 0 Å². The number of aliphatic carboxylic acids is 1. The summed E-state index contributed by atoms with van der Waals surface area (Å²) < 4.78 is 0. The molecule has 6 nitrogen and oxygen atoms in total. The van der Waals surface area contributed by atoms with Crippen molar-refractivity contribution >= 4 is 23.3 Å². The number of aryl methyl sites for hydroxylation is 1. The van der Waals surface area contributed by atoms with Crippen molar-refractivity contribution in [1.82, 2.24) is 15.2 Å². The number of hydrogen-bond donors (Lipinski definition) is 2. The molecule has 2 heterocycles. The lowest BCUT2D eigenvalue weighted by Gasteiger charge is -2.35. The van der Waals surface area contributed by atoms with Crippen LogP contribution in [0.5, 0.6) is 0 Å². The molecule has 3 atom stereocenters. The van der Waals surface area contributed by atoms with Gasteiger partial charge in [-0.1, -0.05) is 6.92 Å². The van der Waals surface area contributed by atoms with E-state index in [0.717, 1.165) is 23.5 Å². The van der Waals surface area contributed by atoms with Gasteiger partial charge in [0.05, 0.1) is 12.0 Å². The maximum absolute atomic E-state index is 12.6. The predicted molar refractivity (Wildman–Crippen MR) is 87.3 cm³/mol. The van der Waals surface area contributed by atoms with Gasteiger partial charge in [0.15, 0.2) is 0 Å². The second kappa shape index (κ2) is 6.47. The molecule has 0 bridgehead atoms. The molecule has 126 valence electrons. The van der Waals surface area contributed by atoms with Crippen molar-refractivity contribution in [2.24, 2.45) is 17.8 Å². The first kappa shape index (κ1) is 16.2. The van der Waals surface area contributed by atoms with Crippen molar-refractivity contribution in [2.75, 3.05) is 13.1 Å².